The summed E-state index contributed by atoms with van der Waals surface area (Å²) in [6.07, 6.45) is 0. The minimum absolute atomic E-state index is 0.0553. The number of phenolic OH excluding ortho intramolecular Hbond substituents is 1. The third-order valence-electron chi connectivity index (χ3n) is 3.32. The Hall–Kier alpha value is -1.84. The zero-order valence-corrected chi connectivity index (χ0v) is 11.4. The van der Waals surface area contributed by atoms with E-state index in [4.69, 9.17) is 0 Å². The number of rotatable bonds is 2. The molecule has 0 unspecified atom stereocenters. The van der Waals surface area contributed by atoms with E-state index in [2.05, 4.69) is 5.38 Å². The minimum Gasteiger partial charge on any atom is -0.508 e. The Bertz CT molecular complexity index is 744. The molecule has 0 atom stereocenters. The van der Waals surface area contributed by atoms with Crippen LogP contribution in [-0.4, -0.2) is 10.2 Å². The average Bonchev–Trinajstić information content (AvgIpc) is 2.81. The van der Waals surface area contributed by atoms with E-state index in [0.717, 1.165) is 27.6 Å². The lowest BCUT2D eigenvalue weighted by atomic mass is 9.99. The zero-order valence-electron chi connectivity index (χ0n) is 10.6. The predicted octanol–water partition coefficient (Wildman–Crippen LogP) is 4.07. The number of hydrogen-bond acceptors (Lipinski definition) is 3. The minimum atomic E-state index is 0.0553. The van der Waals surface area contributed by atoms with Gasteiger partial charge in [0.15, 0.2) is 0 Å². The molecule has 2 nitrogen and oxygen atoms in total. The fourth-order valence-corrected chi connectivity index (χ4v) is 3.27. The van der Waals surface area contributed by atoms with Crippen molar-refractivity contribution in [3.05, 3.63) is 52.9 Å². The fraction of sp³-hybridized carbons (Fsp3) is 0.125. The van der Waals surface area contributed by atoms with Crippen LogP contribution in [0.4, 0.5) is 0 Å². The summed E-state index contributed by atoms with van der Waals surface area (Å²) in [4.78, 5) is 0. The summed E-state index contributed by atoms with van der Waals surface area (Å²) < 4.78 is 1.21. The third-order valence-corrected chi connectivity index (χ3v) is 4.28. The van der Waals surface area contributed by atoms with Gasteiger partial charge in [-0.1, -0.05) is 12.1 Å². The van der Waals surface area contributed by atoms with Crippen LogP contribution in [-0.2, 0) is 6.61 Å². The largest absolute Gasteiger partial charge is 0.508 e. The maximum absolute atomic E-state index is 9.50. The Balaban J connectivity index is 2.24. The molecule has 0 aliphatic carbocycles. The molecule has 3 rings (SSSR count). The Morgan fingerprint density at radius 3 is 2.63 bits per heavy atom. The van der Waals surface area contributed by atoms with E-state index in [-0.39, 0.29) is 12.4 Å². The van der Waals surface area contributed by atoms with Crippen LogP contribution in [0, 0.1) is 6.92 Å². The molecule has 3 heteroatoms. The van der Waals surface area contributed by atoms with Gasteiger partial charge in [0, 0.05) is 15.6 Å². The summed E-state index contributed by atoms with van der Waals surface area (Å²) in [6, 6.07) is 11.5. The molecule has 0 spiro atoms. The third kappa shape index (κ3) is 2.11. The Morgan fingerprint density at radius 2 is 1.89 bits per heavy atom. The van der Waals surface area contributed by atoms with Crippen LogP contribution in [0.2, 0.25) is 0 Å². The summed E-state index contributed by atoms with van der Waals surface area (Å²) in [5.41, 5.74) is 4.25. The molecule has 1 aromatic heterocycles. The SMILES string of the molecule is Cc1cc(O)ccc1-c1csc2ccc(CO)cc12. The van der Waals surface area contributed by atoms with E-state index in [9.17, 15) is 10.2 Å². The molecule has 19 heavy (non-hydrogen) atoms. The van der Waals surface area contributed by atoms with Crippen molar-refractivity contribution in [2.24, 2.45) is 0 Å². The Kier molecular flexibility index (Phi) is 3.01. The summed E-state index contributed by atoms with van der Waals surface area (Å²) in [7, 11) is 0. The second-order valence-corrected chi connectivity index (χ2v) is 5.55. The van der Waals surface area contributed by atoms with Crippen LogP contribution in [0.3, 0.4) is 0 Å². The van der Waals surface area contributed by atoms with Crippen molar-refractivity contribution in [3.8, 4) is 16.9 Å². The van der Waals surface area contributed by atoms with Crippen LogP contribution in [0.1, 0.15) is 11.1 Å². The highest BCUT2D eigenvalue weighted by Gasteiger charge is 2.09. The van der Waals surface area contributed by atoms with Crippen LogP contribution >= 0.6 is 11.3 Å². The number of aryl methyl sites for hydroxylation is 1. The number of fused-ring (bicyclic) bond motifs is 1. The fourth-order valence-electron chi connectivity index (χ4n) is 2.33. The number of hydrogen-bond donors (Lipinski definition) is 2. The zero-order chi connectivity index (χ0) is 13.4. The monoisotopic (exact) mass is 270 g/mol. The van der Waals surface area contributed by atoms with E-state index < -0.39 is 0 Å². The van der Waals surface area contributed by atoms with Gasteiger partial charge >= 0.3 is 0 Å². The summed E-state index contributed by atoms with van der Waals surface area (Å²) in [6.45, 7) is 2.05. The van der Waals surface area contributed by atoms with Gasteiger partial charge in [-0.15, -0.1) is 11.3 Å². The topological polar surface area (TPSA) is 40.5 Å². The van der Waals surface area contributed by atoms with Gasteiger partial charge in [0.25, 0.3) is 0 Å². The number of aliphatic hydroxyl groups is 1. The van der Waals surface area contributed by atoms with Gasteiger partial charge in [-0.2, -0.15) is 0 Å². The van der Waals surface area contributed by atoms with Crippen molar-refractivity contribution in [2.45, 2.75) is 13.5 Å². The highest BCUT2D eigenvalue weighted by atomic mass is 32.1. The molecule has 1 heterocycles. The molecule has 2 N–H and O–H groups in total. The maximum atomic E-state index is 9.50. The number of aromatic hydroxyl groups is 1. The maximum Gasteiger partial charge on any atom is 0.115 e. The standard InChI is InChI=1S/C16H14O2S/c1-10-6-12(18)3-4-13(10)15-9-19-16-5-2-11(8-17)7-14(15)16/h2-7,9,17-18H,8H2,1H3. The van der Waals surface area contributed by atoms with Gasteiger partial charge in [-0.3, -0.25) is 0 Å². The summed E-state index contributed by atoms with van der Waals surface area (Å²) >= 11 is 1.70. The summed E-state index contributed by atoms with van der Waals surface area (Å²) in [5, 5.41) is 22.0. The highest BCUT2D eigenvalue weighted by molar-refractivity contribution is 7.17. The molecule has 0 fully saturated rings. The van der Waals surface area contributed by atoms with Gasteiger partial charge in [0.05, 0.1) is 6.61 Å². The van der Waals surface area contributed by atoms with Crippen LogP contribution in [0.25, 0.3) is 21.2 Å². The lowest BCUT2D eigenvalue weighted by Crippen LogP contribution is -1.84. The van der Waals surface area contributed by atoms with E-state index in [1.54, 1.807) is 23.5 Å². The number of thiophene rings is 1. The summed E-state index contributed by atoms with van der Waals surface area (Å²) in [5.74, 6) is 0.289. The van der Waals surface area contributed by atoms with Crippen LogP contribution in [0.15, 0.2) is 41.8 Å². The molecule has 0 aliphatic rings. The van der Waals surface area contributed by atoms with E-state index in [0.29, 0.717) is 0 Å². The average molecular weight is 270 g/mol. The van der Waals surface area contributed by atoms with Crippen molar-refractivity contribution in [2.75, 3.05) is 0 Å². The highest BCUT2D eigenvalue weighted by Crippen LogP contribution is 2.36. The molecule has 0 saturated carbocycles. The van der Waals surface area contributed by atoms with E-state index in [1.165, 1.54) is 4.70 Å². The molecule has 96 valence electrons. The second-order valence-electron chi connectivity index (χ2n) is 4.64. The van der Waals surface area contributed by atoms with Crippen molar-refractivity contribution in [1.82, 2.24) is 0 Å². The van der Waals surface area contributed by atoms with Gasteiger partial charge in [-0.25, -0.2) is 0 Å². The van der Waals surface area contributed by atoms with Crippen LogP contribution < -0.4 is 0 Å². The van der Waals surface area contributed by atoms with Crippen molar-refractivity contribution in [1.29, 1.82) is 0 Å². The lowest BCUT2D eigenvalue weighted by molar-refractivity contribution is 0.282. The van der Waals surface area contributed by atoms with Gasteiger partial charge < -0.3 is 10.2 Å². The van der Waals surface area contributed by atoms with Gasteiger partial charge in [0.1, 0.15) is 5.75 Å². The van der Waals surface area contributed by atoms with Gasteiger partial charge in [0.2, 0.25) is 0 Å². The number of aliphatic hydroxyl groups excluding tert-OH is 1. The molecule has 3 aromatic rings. The first-order chi connectivity index (χ1) is 9.19. The molecule has 0 amide bonds. The van der Waals surface area contributed by atoms with Crippen LogP contribution in [0.5, 0.6) is 5.75 Å². The molecular weight excluding hydrogens is 256 g/mol. The lowest BCUT2D eigenvalue weighted by Gasteiger charge is -2.06. The molecule has 0 bridgehead atoms. The van der Waals surface area contributed by atoms with Crippen molar-refractivity contribution in [3.63, 3.8) is 0 Å². The first-order valence-corrected chi connectivity index (χ1v) is 6.98. The molecule has 0 aliphatic heterocycles. The second kappa shape index (κ2) is 4.68. The Morgan fingerprint density at radius 1 is 1.05 bits per heavy atom. The van der Waals surface area contributed by atoms with Gasteiger partial charge in [-0.05, 0) is 53.3 Å². The molecular formula is C16H14O2S. The number of benzene rings is 2. The van der Waals surface area contributed by atoms with E-state index in [1.807, 2.05) is 31.2 Å². The molecule has 0 radical (unpaired) electrons. The quantitative estimate of drug-likeness (QED) is 0.736. The van der Waals surface area contributed by atoms with Crippen molar-refractivity contribution < 1.29 is 10.2 Å². The van der Waals surface area contributed by atoms with Crippen molar-refractivity contribution >= 4 is 21.4 Å². The normalized spacial score (nSPS) is 11.1. The Labute approximate surface area is 115 Å². The predicted molar refractivity (Wildman–Crippen MR) is 79.6 cm³/mol. The number of phenols is 1. The smallest absolute Gasteiger partial charge is 0.115 e. The first kappa shape index (κ1) is 12.2. The molecule has 0 saturated heterocycles. The first-order valence-electron chi connectivity index (χ1n) is 6.10. The molecule has 2 aromatic carbocycles. The van der Waals surface area contributed by atoms with E-state index >= 15 is 0 Å².